The Labute approximate surface area is 118 Å². The average Bonchev–Trinajstić information content (AvgIpc) is 2.36. The van der Waals surface area contributed by atoms with Crippen LogP contribution in [0.5, 0.6) is 0 Å². The van der Waals surface area contributed by atoms with E-state index in [1.54, 1.807) is 14.0 Å². The molecule has 0 aromatic heterocycles. The Morgan fingerprint density at radius 2 is 2.05 bits per heavy atom. The Morgan fingerprint density at radius 3 is 2.60 bits per heavy atom. The van der Waals surface area contributed by atoms with E-state index >= 15 is 0 Å². The quantitative estimate of drug-likeness (QED) is 0.702. The van der Waals surface area contributed by atoms with Crippen molar-refractivity contribution >= 4 is 21.6 Å². The lowest BCUT2D eigenvalue weighted by Crippen LogP contribution is -2.20. The van der Waals surface area contributed by atoms with Crippen LogP contribution in [0.25, 0.3) is 0 Å². The summed E-state index contributed by atoms with van der Waals surface area (Å²) in [6.45, 7) is 2.32. The minimum Gasteiger partial charge on any atom is -0.382 e. The predicted molar refractivity (Wildman–Crippen MR) is 73.9 cm³/mol. The molecule has 0 unspecified atom stereocenters. The third-order valence-corrected chi connectivity index (χ3v) is 3.38. The highest BCUT2D eigenvalue weighted by atomic mass is 32.2. The molecule has 0 spiro atoms. The Bertz CT molecular complexity index is 571. The van der Waals surface area contributed by atoms with E-state index in [4.69, 9.17) is 14.6 Å². The Balaban J connectivity index is 2.63. The van der Waals surface area contributed by atoms with Gasteiger partial charge >= 0.3 is 0 Å². The number of carbonyl (C=O) groups is 1. The molecule has 112 valence electrons. The van der Waals surface area contributed by atoms with Gasteiger partial charge in [-0.2, -0.15) is 0 Å². The number of hydrogen-bond acceptors (Lipinski definition) is 5. The van der Waals surface area contributed by atoms with Crippen LogP contribution in [0.4, 0.5) is 5.69 Å². The fourth-order valence-corrected chi connectivity index (χ4v) is 2.05. The van der Waals surface area contributed by atoms with Crippen molar-refractivity contribution in [2.45, 2.75) is 11.8 Å². The molecule has 1 aromatic carbocycles. The minimum atomic E-state index is -3.74. The number of methoxy groups -OCH3 is 1. The Kier molecular flexibility index (Phi) is 6.08. The molecule has 20 heavy (non-hydrogen) atoms. The number of primary sulfonamides is 1. The molecular weight excluding hydrogens is 284 g/mol. The van der Waals surface area contributed by atoms with Gasteiger partial charge in [0.25, 0.3) is 0 Å². The lowest BCUT2D eigenvalue weighted by molar-refractivity contribution is -0.121. The van der Waals surface area contributed by atoms with Crippen molar-refractivity contribution < 1.29 is 22.7 Å². The molecule has 0 heterocycles. The zero-order valence-corrected chi connectivity index (χ0v) is 12.2. The van der Waals surface area contributed by atoms with Gasteiger partial charge in [-0.1, -0.05) is 0 Å². The van der Waals surface area contributed by atoms with E-state index in [9.17, 15) is 13.2 Å². The first-order chi connectivity index (χ1) is 9.34. The molecule has 7 nitrogen and oxygen atoms in total. The molecule has 0 saturated heterocycles. The molecule has 0 bridgehead atoms. The fraction of sp³-hybridized carbons (Fsp3) is 0.417. The van der Waals surface area contributed by atoms with Crippen molar-refractivity contribution in [1.29, 1.82) is 0 Å². The van der Waals surface area contributed by atoms with Gasteiger partial charge in [0.1, 0.15) is 6.61 Å². The molecular formula is C12H18N2O5S. The third-order valence-electron chi connectivity index (χ3n) is 2.47. The first-order valence-electron chi connectivity index (χ1n) is 5.84. The zero-order valence-electron chi connectivity index (χ0n) is 11.4. The minimum absolute atomic E-state index is 0.00402. The largest absolute Gasteiger partial charge is 0.382 e. The van der Waals surface area contributed by atoms with Gasteiger partial charge in [-0.25, -0.2) is 13.6 Å². The van der Waals surface area contributed by atoms with E-state index in [0.29, 0.717) is 24.5 Å². The second kappa shape index (κ2) is 7.34. The number of sulfonamides is 1. The SMILES string of the molecule is COCCOCC(=O)Nc1ccc(S(N)(=O)=O)cc1C. The predicted octanol–water partition coefficient (Wildman–Crippen LogP) is 0.244. The first-order valence-corrected chi connectivity index (χ1v) is 7.39. The first kappa shape index (κ1) is 16.6. The molecule has 0 aliphatic rings. The number of rotatable bonds is 7. The standard InChI is InChI=1S/C12H18N2O5S/c1-9-7-10(20(13,16)17)3-4-11(9)14-12(15)8-19-6-5-18-2/h3-4,7H,5-6,8H2,1-2H3,(H,14,15)(H2,13,16,17). The van der Waals surface area contributed by atoms with Crippen LogP contribution in [-0.2, 0) is 24.3 Å². The van der Waals surface area contributed by atoms with E-state index in [1.807, 2.05) is 0 Å². The lowest BCUT2D eigenvalue weighted by atomic mass is 10.2. The number of nitrogens with one attached hydrogen (secondary N) is 1. The van der Waals surface area contributed by atoms with Crippen molar-refractivity contribution in [3.63, 3.8) is 0 Å². The summed E-state index contributed by atoms with van der Waals surface area (Å²) in [6.07, 6.45) is 0. The number of aryl methyl sites for hydroxylation is 1. The van der Waals surface area contributed by atoms with Crippen molar-refractivity contribution in [2.24, 2.45) is 5.14 Å². The van der Waals surface area contributed by atoms with Gasteiger partial charge in [0.2, 0.25) is 15.9 Å². The van der Waals surface area contributed by atoms with Gasteiger partial charge in [-0.15, -0.1) is 0 Å². The van der Waals surface area contributed by atoms with Crippen molar-refractivity contribution in [3.05, 3.63) is 23.8 Å². The number of ether oxygens (including phenoxy) is 2. The summed E-state index contributed by atoms with van der Waals surface area (Å²) in [6, 6.07) is 4.22. The zero-order chi connectivity index (χ0) is 15.2. The summed E-state index contributed by atoms with van der Waals surface area (Å²) in [5, 5.41) is 7.65. The van der Waals surface area contributed by atoms with Crippen molar-refractivity contribution in [2.75, 3.05) is 32.2 Å². The number of amides is 1. The van der Waals surface area contributed by atoms with Crippen molar-refractivity contribution in [1.82, 2.24) is 0 Å². The van der Waals surface area contributed by atoms with Gasteiger partial charge in [-0.05, 0) is 30.7 Å². The summed E-state index contributed by atoms with van der Waals surface area (Å²) in [7, 11) is -2.20. The molecule has 0 saturated carbocycles. The summed E-state index contributed by atoms with van der Waals surface area (Å²) in [4.78, 5) is 11.6. The van der Waals surface area contributed by atoms with Gasteiger partial charge in [-0.3, -0.25) is 4.79 Å². The second-order valence-corrected chi connectivity index (χ2v) is 5.68. The smallest absolute Gasteiger partial charge is 0.250 e. The van der Waals surface area contributed by atoms with Crippen LogP contribution < -0.4 is 10.5 Å². The Hall–Kier alpha value is -1.48. The molecule has 0 atom stereocenters. The number of nitrogens with two attached hydrogens (primary N) is 1. The molecule has 1 amide bonds. The number of carbonyl (C=O) groups excluding carboxylic acids is 1. The topological polar surface area (TPSA) is 108 Å². The summed E-state index contributed by atoms with van der Waals surface area (Å²) in [5.41, 5.74) is 1.11. The molecule has 0 aliphatic carbocycles. The second-order valence-electron chi connectivity index (χ2n) is 4.12. The Morgan fingerprint density at radius 1 is 1.35 bits per heavy atom. The monoisotopic (exact) mass is 302 g/mol. The van der Waals surface area contributed by atoms with E-state index in [2.05, 4.69) is 5.32 Å². The molecule has 1 rings (SSSR count). The maximum Gasteiger partial charge on any atom is 0.250 e. The van der Waals surface area contributed by atoms with E-state index in [-0.39, 0.29) is 17.4 Å². The average molecular weight is 302 g/mol. The number of benzene rings is 1. The summed E-state index contributed by atoms with van der Waals surface area (Å²) >= 11 is 0. The van der Waals surface area contributed by atoms with Gasteiger partial charge in [0.05, 0.1) is 18.1 Å². The van der Waals surface area contributed by atoms with Crippen LogP contribution in [0.2, 0.25) is 0 Å². The normalized spacial score (nSPS) is 11.3. The number of hydrogen-bond donors (Lipinski definition) is 2. The maximum atomic E-state index is 11.6. The van der Waals surface area contributed by atoms with E-state index < -0.39 is 10.0 Å². The number of anilines is 1. The van der Waals surface area contributed by atoms with Crippen LogP contribution in [0.15, 0.2) is 23.1 Å². The van der Waals surface area contributed by atoms with Gasteiger partial charge in [0, 0.05) is 12.8 Å². The van der Waals surface area contributed by atoms with Crippen LogP contribution in [0.1, 0.15) is 5.56 Å². The molecule has 1 aromatic rings. The van der Waals surface area contributed by atoms with E-state index in [1.165, 1.54) is 18.2 Å². The highest BCUT2D eigenvalue weighted by Gasteiger charge is 2.11. The molecule has 0 aliphatic heterocycles. The van der Waals surface area contributed by atoms with Crippen LogP contribution >= 0.6 is 0 Å². The van der Waals surface area contributed by atoms with E-state index in [0.717, 1.165) is 0 Å². The summed E-state index contributed by atoms with van der Waals surface area (Å²) in [5.74, 6) is -0.326. The summed E-state index contributed by atoms with van der Waals surface area (Å²) < 4.78 is 32.2. The van der Waals surface area contributed by atoms with Gasteiger partial charge in [0.15, 0.2) is 0 Å². The highest BCUT2D eigenvalue weighted by molar-refractivity contribution is 7.89. The molecule has 8 heteroatoms. The van der Waals surface area contributed by atoms with Crippen LogP contribution in [0.3, 0.4) is 0 Å². The van der Waals surface area contributed by atoms with Crippen LogP contribution in [0, 0.1) is 6.92 Å². The third kappa shape index (κ3) is 5.25. The van der Waals surface area contributed by atoms with Gasteiger partial charge < -0.3 is 14.8 Å². The maximum absolute atomic E-state index is 11.6. The fourth-order valence-electron chi connectivity index (χ4n) is 1.45. The molecule has 3 N–H and O–H groups in total. The molecule has 0 fully saturated rings. The lowest BCUT2D eigenvalue weighted by Gasteiger charge is -2.10. The van der Waals surface area contributed by atoms with Crippen LogP contribution in [-0.4, -0.2) is 41.3 Å². The molecule has 0 radical (unpaired) electrons. The van der Waals surface area contributed by atoms with Crippen molar-refractivity contribution in [3.8, 4) is 0 Å². The highest BCUT2D eigenvalue weighted by Crippen LogP contribution is 2.18.